The number of carboxylic acid groups (broad SMARTS) is 1. The van der Waals surface area contributed by atoms with Gasteiger partial charge in [-0.1, -0.05) is 23.8 Å². The smallest absolute Gasteiger partial charge is 0.313 e. The van der Waals surface area contributed by atoms with Crippen LogP contribution in [0.25, 0.3) is 0 Å². The molecule has 1 N–H and O–H groups in total. The molecule has 0 amide bonds. The third-order valence-electron chi connectivity index (χ3n) is 3.49. The lowest BCUT2D eigenvalue weighted by Crippen LogP contribution is -2.01. The number of aryl methyl sites for hydroxylation is 2. The molecule has 0 spiro atoms. The summed E-state index contributed by atoms with van der Waals surface area (Å²) in [7, 11) is 0. The molecule has 2 aromatic carbocycles. The first-order chi connectivity index (χ1) is 10.9. The van der Waals surface area contributed by atoms with Gasteiger partial charge in [0.1, 0.15) is 0 Å². The first-order valence-corrected chi connectivity index (χ1v) is 8.03. The number of carbonyl (C=O) groups is 1. The Bertz CT molecular complexity index is 758. The zero-order valence-corrected chi connectivity index (χ0v) is 13.7. The van der Waals surface area contributed by atoms with Crippen molar-refractivity contribution in [2.24, 2.45) is 0 Å². The summed E-state index contributed by atoms with van der Waals surface area (Å²) in [6, 6.07) is 10.7. The van der Waals surface area contributed by atoms with E-state index in [0.717, 1.165) is 27.1 Å². The molecule has 0 unspecified atom stereocenters. The fraction of sp³-hybridized carbons (Fsp3) is 0.235. The van der Waals surface area contributed by atoms with E-state index in [1.807, 2.05) is 26.0 Å². The predicted molar refractivity (Wildman–Crippen MR) is 90.2 cm³/mol. The molecule has 0 aliphatic rings. The van der Waals surface area contributed by atoms with Crippen LogP contribution >= 0.6 is 11.8 Å². The van der Waals surface area contributed by atoms with Crippen molar-refractivity contribution in [2.45, 2.75) is 25.2 Å². The molecule has 0 aliphatic carbocycles. The van der Waals surface area contributed by atoms with Gasteiger partial charge in [-0.2, -0.15) is 0 Å². The molecular weight excluding hydrogens is 314 g/mol. The van der Waals surface area contributed by atoms with Crippen molar-refractivity contribution in [3.63, 3.8) is 0 Å². The van der Waals surface area contributed by atoms with Crippen LogP contribution in [0.15, 0.2) is 41.3 Å². The van der Waals surface area contributed by atoms with Gasteiger partial charge in [-0.3, -0.25) is 14.9 Å². The minimum atomic E-state index is -0.911. The third kappa shape index (κ3) is 4.56. The molecule has 0 saturated carbocycles. The van der Waals surface area contributed by atoms with E-state index in [1.165, 1.54) is 23.9 Å². The van der Waals surface area contributed by atoms with Crippen molar-refractivity contribution in [3.05, 3.63) is 68.8 Å². The summed E-state index contributed by atoms with van der Waals surface area (Å²) in [6.07, 6.45) is 0.539. The highest BCUT2D eigenvalue weighted by Crippen LogP contribution is 2.29. The highest BCUT2D eigenvalue weighted by Gasteiger charge is 2.13. The van der Waals surface area contributed by atoms with E-state index in [-0.39, 0.29) is 11.4 Å². The van der Waals surface area contributed by atoms with Crippen LogP contribution in [0, 0.1) is 24.0 Å². The van der Waals surface area contributed by atoms with Crippen LogP contribution in [-0.4, -0.2) is 21.8 Å². The van der Waals surface area contributed by atoms with Crippen LogP contribution in [0.4, 0.5) is 5.69 Å². The minimum Gasteiger partial charge on any atom is -0.481 e. The molecule has 120 valence electrons. The SMILES string of the molecule is Cc1ccc(C)c(Cc2cc([N+](=O)[O-])ccc2SCC(=O)O)c1. The van der Waals surface area contributed by atoms with E-state index < -0.39 is 10.9 Å². The Morgan fingerprint density at radius 1 is 1.17 bits per heavy atom. The topological polar surface area (TPSA) is 80.4 Å². The van der Waals surface area contributed by atoms with Gasteiger partial charge >= 0.3 is 5.97 Å². The quantitative estimate of drug-likeness (QED) is 0.492. The molecule has 0 fully saturated rings. The number of hydrogen-bond acceptors (Lipinski definition) is 4. The number of benzene rings is 2. The summed E-state index contributed by atoms with van der Waals surface area (Å²) >= 11 is 1.18. The van der Waals surface area contributed by atoms with E-state index in [2.05, 4.69) is 6.07 Å². The van der Waals surface area contributed by atoms with Crippen molar-refractivity contribution in [1.29, 1.82) is 0 Å². The van der Waals surface area contributed by atoms with Crippen molar-refractivity contribution >= 4 is 23.4 Å². The fourth-order valence-corrected chi connectivity index (χ4v) is 3.05. The second-order valence-electron chi connectivity index (χ2n) is 5.34. The van der Waals surface area contributed by atoms with Crippen LogP contribution in [-0.2, 0) is 11.2 Å². The Hall–Kier alpha value is -2.34. The average molecular weight is 331 g/mol. The molecule has 0 bridgehead atoms. The van der Waals surface area contributed by atoms with Gasteiger partial charge in [0.05, 0.1) is 10.7 Å². The lowest BCUT2D eigenvalue weighted by atomic mass is 9.98. The summed E-state index contributed by atoms with van der Waals surface area (Å²) in [5, 5.41) is 19.9. The van der Waals surface area contributed by atoms with Gasteiger partial charge in [0.2, 0.25) is 0 Å². The molecule has 5 nitrogen and oxygen atoms in total. The van der Waals surface area contributed by atoms with Gasteiger partial charge in [0, 0.05) is 17.0 Å². The molecule has 0 radical (unpaired) electrons. The van der Waals surface area contributed by atoms with Gasteiger partial charge in [0.25, 0.3) is 5.69 Å². The summed E-state index contributed by atoms with van der Waals surface area (Å²) in [4.78, 5) is 22.1. The van der Waals surface area contributed by atoms with Crippen molar-refractivity contribution in [1.82, 2.24) is 0 Å². The highest BCUT2D eigenvalue weighted by molar-refractivity contribution is 8.00. The molecular formula is C17H17NO4S. The predicted octanol–water partition coefficient (Wildman–Crippen LogP) is 3.98. The molecule has 2 aromatic rings. The number of nitro benzene ring substituents is 1. The number of aliphatic carboxylic acids is 1. The molecule has 0 aromatic heterocycles. The zero-order valence-electron chi connectivity index (χ0n) is 12.9. The van der Waals surface area contributed by atoms with Gasteiger partial charge in [0.15, 0.2) is 0 Å². The summed E-state index contributed by atoms with van der Waals surface area (Å²) < 4.78 is 0. The largest absolute Gasteiger partial charge is 0.481 e. The molecule has 0 aliphatic heterocycles. The van der Waals surface area contributed by atoms with E-state index in [0.29, 0.717) is 6.42 Å². The second kappa shape index (κ2) is 7.28. The average Bonchev–Trinajstić information content (AvgIpc) is 2.49. The normalized spacial score (nSPS) is 10.5. The zero-order chi connectivity index (χ0) is 17.0. The number of non-ortho nitro benzene ring substituents is 1. The Labute approximate surface area is 138 Å². The first kappa shape index (κ1) is 17.0. The highest BCUT2D eigenvalue weighted by atomic mass is 32.2. The Kier molecular flexibility index (Phi) is 5.39. The van der Waals surface area contributed by atoms with Gasteiger partial charge in [-0.25, -0.2) is 0 Å². The van der Waals surface area contributed by atoms with Gasteiger partial charge < -0.3 is 5.11 Å². The summed E-state index contributed by atoms with van der Waals surface area (Å²) in [6.45, 7) is 3.99. The monoisotopic (exact) mass is 331 g/mol. The Morgan fingerprint density at radius 2 is 1.91 bits per heavy atom. The van der Waals surface area contributed by atoms with Crippen molar-refractivity contribution in [2.75, 3.05) is 5.75 Å². The number of nitro groups is 1. The number of carboxylic acids is 1. The molecule has 0 heterocycles. The van der Waals surface area contributed by atoms with Crippen LogP contribution in [0.5, 0.6) is 0 Å². The molecule has 6 heteroatoms. The fourth-order valence-electron chi connectivity index (χ4n) is 2.29. The van der Waals surface area contributed by atoms with E-state index in [1.54, 1.807) is 6.07 Å². The Morgan fingerprint density at radius 3 is 2.57 bits per heavy atom. The van der Waals surface area contributed by atoms with E-state index in [9.17, 15) is 14.9 Å². The molecule has 0 atom stereocenters. The maximum atomic E-state index is 11.0. The maximum Gasteiger partial charge on any atom is 0.313 e. The first-order valence-electron chi connectivity index (χ1n) is 7.05. The molecule has 23 heavy (non-hydrogen) atoms. The molecule has 0 saturated heterocycles. The number of nitrogens with zero attached hydrogens (tertiary/aromatic N) is 1. The summed E-state index contributed by atoms with van der Waals surface area (Å²) in [5.41, 5.74) is 4.11. The lowest BCUT2D eigenvalue weighted by Gasteiger charge is -2.11. The minimum absolute atomic E-state index is 0.0185. The number of hydrogen-bond donors (Lipinski definition) is 1. The second-order valence-corrected chi connectivity index (χ2v) is 6.36. The number of thioether (sulfide) groups is 1. The van der Waals surface area contributed by atoms with Gasteiger partial charge in [-0.05, 0) is 43.0 Å². The summed E-state index contributed by atoms with van der Waals surface area (Å²) in [5.74, 6) is -0.983. The standard InChI is InChI=1S/C17H17NO4S/c1-11-3-4-12(2)13(7-11)8-14-9-15(18(21)22)5-6-16(14)23-10-17(19)20/h3-7,9H,8,10H2,1-2H3,(H,19,20). The Balaban J connectivity index is 2.39. The molecule has 2 rings (SSSR count). The van der Waals surface area contributed by atoms with Gasteiger partial charge in [-0.15, -0.1) is 11.8 Å². The van der Waals surface area contributed by atoms with Crippen LogP contribution in [0.2, 0.25) is 0 Å². The third-order valence-corrected chi connectivity index (χ3v) is 4.59. The van der Waals surface area contributed by atoms with Crippen LogP contribution in [0.3, 0.4) is 0 Å². The van der Waals surface area contributed by atoms with Crippen LogP contribution in [0.1, 0.15) is 22.3 Å². The number of rotatable bonds is 6. The van der Waals surface area contributed by atoms with Crippen molar-refractivity contribution < 1.29 is 14.8 Å². The van der Waals surface area contributed by atoms with Crippen molar-refractivity contribution in [3.8, 4) is 0 Å². The van der Waals surface area contributed by atoms with Crippen LogP contribution < -0.4 is 0 Å². The maximum absolute atomic E-state index is 11.0. The van der Waals surface area contributed by atoms with E-state index >= 15 is 0 Å². The lowest BCUT2D eigenvalue weighted by molar-refractivity contribution is -0.385. The van der Waals surface area contributed by atoms with E-state index in [4.69, 9.17) is 5.11 Å².